The zero-order chi connectivity index (χ0) is 13.7. The van der Waals surface area contributed by atoms with E-state index in [1.54, 1.807) is 0 Å². The summed E-state index contributed by atoms with van der Waals surface area (Å²) in [5.41, 5.74) is 4.11. The molecule has 0 saturated carbocycles. The van der Waals surface area contributed by atoms with Gasteiger partial charge in [-0.25, -0.2) is 0 Å². The van der Waals surface area contributed by atoms with Crippen molar-refractivity contribution >= 4 is 42.8 Å². The van der Waals surface area contributed by atoms with E-state index in [1.165, 1.54) is 41.7 Å². The number of benzene rings is 2. The molecule has 0 aliphatic heterocycles. The second kappa shape index (κ2) is 4.44. The fraction of sp³-hybridized carbons (Fsp3) is 0.111. The van der Waals surface area contributed by atoms with Crippen molar-refractivity contribution in [2.24, 2.45) is 0 Å². The maximum absolute atomic E-state index is 2.33. The second-order valence-corrected chi connectivity index (χ2v) is 7.23. The molecule has 4 rings (SSSR count). The number of rotatable bonds is 1. The lowest BCUT2D eigenvalue weighted by Crippen LogP contribution is -1.79. The van der Waals surface area contributed by atoms with E-state index in [1.807, 2.05) is 22.7 Å². The SMILES string of the molecule is Cc1cc2sccc2cc1-c1cc2cccc(C)c2s1. The van der Waals surface area contributed by atoms with Crippen molar-refractivity contribution in [1.29, 1.82) is 0 Å². The number of hydrogen-bond acceptors (Lipinski definition) is 2. The van der Waals surface area contributed by atoms with E-state index in [2.05, 4.69) is 61.7 Å². The molecule has 0 radical (unpaired) electrons. The van der Waals surface area contributed by atoms with Gasteiger partial charge in [-0.1, -0.05) is 18.2 Å². The minimum atomic E-state index is 1.35. The Morgan fingerprint density at radius 2 is 1.75 bits per heavy atom. The van der Waals surface area contributed by atoms with Gasteiger partial charge >= 0.3 is 0 Å². The van der Waals surface area contributed by atoms with Gasteiger partial charge in [-0.15, -0.1) is 22.7 Å². The molecule has 2 heteroatoms. The monoisotopic (exact) mass is 294 g/mol. The van der Waals surface area contributed by atoms with Gasteiger partial charge < -0.3 is 0 Å². The van der Waals surface area contributed by atoms with Gasteiger partial charge in [0.25, 0.3) is 0 Å². The van der Waals surface area contributed by atoms with Crippen molar-refractivity contribution in [2.75, 3.05) is 0 Å². The fourth-order valence-corrected chi connectivity index (χ4v) is 4.80. The van der Waals surface area contributed by atoms with Crippen LogP contribution in [0, 0.1) is 13.8 Å². The van der Waals surface area contributed by atoms with Gasteiger partial charge in [0.05, 0.1) is 0 Å². The van der Waals surface area contributed by atoms with Gasteiger partial charge in [0, 0.05) is 14.3 Å². The molecule has 0 spiro atoms. The average molecular weight is 294 g/mol. The molecule has 20 heavy (non-hydrogen) atoms. The molecule has 0 unspecified atom stereocenters. The Bertz CT molecular complexity index is 925. The highest BCUT2D eigenvalue weighted by molar-refractivity contribution is 7.22. The van der Waals surface area contributed by atoms with E-state index < -0.39 is 0 Å². The first-order chi connectivity index (χ1) is 9.72. The summed E-state index contributed by atoms with van der Waals surface area (Å²) in [5, 5.41) is 4.88. The summed E-state index contributed by atoms with van der Waals surface area (Å²) in [7, 11) is 0. The van der Waals surface area contributed by atoms with E-state index in [0.717, 1.165) is 0 Å². The summed E-state index contributed by atoms with van der Waals surface area (Å²) < 4.78 is 2.79. The third-order valence-electron chi connectivity index (χ3n) is 3.81. The van der Waals surface area contributed by atoms with Crippen LogP contribution < -0.4 is 0 Å². The molecular weight excluding hydrogens is 280 g/mol. The third kappa shape index (κ3) is 1.80. The topological polar surface area (TPSA) is 0 Å². The van der Waals surface area contributed by atoms with Crippen LogP contribution in [-0.2, 0) is 0 Å². The Labute approximate surface area is 126 Å². The van der Waals surface area contributed by atoms with Crippen LogP contribution in [-0.4, -0.2) is 0 Å². The van der Waals surface area contributed by atoms with Crippen LogP contribution in [0.1, 0.15) is 11.1 Å². The van der Waals surface area contributed by atoms with Crippen LogP contribution in [0.5, 0.6) is 0 Å². The molecule has 98 valence electrons. The molecule has 2 heterocycles. The molecule has 0 bridgehead atoms. The van der Waals surface area contributed by atoms with Gasteiger partial charge in [-0.05, 0) is 71.0 Å². The first kappa shape index (κ1) is 12.1. The number of thiophene rings is 2. The molecule has 0 aliphatic carbocycles. The first-order valence-corrected chi connectivity index (χ1v) is 8.39. The Morgan fingerprint density at radius 3 is 2.60 bits per heavy atom. The number of aryl methyl sites for hydroxylation is 2. The van der Waals surface area contributed by atoms with Crippen molar-refractivity contribution in [3.8, 4) is 10.4 Å². The normalized spacial score (nSPS) is 11.5. The van der Waals surface area contributed by atoms with Crippen LogP contribution in [0.3, 0.4) is 0 Å². The summed E-state index contributed by atoms with van der Waals surface area (Å²) in [4.78, 5) is 1.37. The average Bonchev–Trinajstić information content (AvgIpc) is 3.03. The Morgan fingerprint density at radius 1 is 0.850 bits per heavy atom. The van der Waals surface area contributed by atoms with Crippen LogP contribution in [0.15, 0.2) is 47.8 Å². The van der Waals surface area contributed by atoms with Crippen LogP contribution in [0.4, 0.5) is 0 Å². The minimum Gasteiger partial charge on any atom is -0.144 e. The smallest absolute Gasteiger partial charge is 0.0378 e. The fourth-order valence-electron chi connectivity index (χ4n) is 2.72. The van der Waals surface area contributed by atoms with E-state index in [0.29, 0.717) is 0 Å². The van der Waals surface area contributed by atoms with Crippen molar-refractivity contribution in [3.05, 3.63) is 59.0 Å². The molecular formula is C18H14S2. The van der Waals surface area contributed by atoms with Gasteiger partial charge in [-0.2, -0.15) is 0 Å². The number of hydrogen-bond donors (Lipinski definition) is 0. The van der Waals surface area contributed by atoms with E-state index >= 15 is 0 Å². The van der Waals surface area contributed by atoms with Crippen LogP contribution in [0.2, 0.25) is 0 Å². The lowest BCUT2D eigenvalue weighted by atomic mass is 10.0. The predicted octanol–water partition coefficient (Wildman–Crippen LogP) is 6.40. The predicted molar refractivity (Wildman–Crippen MR) is 92.1 cm³/mol. The van der Waals surface area contributed by atoms with E-state index in [9.17, 15) is 0 Å². The van der Waals surface area contributed by atoms with Crippen molar-refractivity contribution in [2.45, 2.75) is 13.8 Å². The van der Waals surface area contributed by atoms with Crippen molar-refractivity contribution in [1.82, 2.24) is 0 Å². The molecule has 0 N–H and O–H groups in total. The summed E-state index contributed by atoms with van der Waals surface area (Å²) in [6, 6.07) is 15.7. The summed E-state index contributed by atoms with van der Waals surface area (Å²) in [5.74, 6) is 0. The molecule has 4 aromatic rings. The van der Waals surface area contributed by atoms with Gasteiger partial charge in [-0.3, -0.25) is 0 Å². The lowest BCUT2D eigenvalue weighted by Gasteiger charge is -2.03. The largest absolute Gasteiger partial charge is 0.144 e. The summed E-state index contributed by atoms with van der Waals surface area (Å²) >= 11 is 3.72. The lowest BCUT2D eigenvalue weighted by molar-refractivity contribution is 1.52. The van der Waals surface area contributed by atoms with Crippen molar-refractivity contribution in [3.63, 3.8) is 0 Å². The van der Waals surface area contributed by atoms with Gasteiger partial charge in [0.1, 0.15) is 0 Å². The van der Waals surface area contributed by atoms with E-state index in [-0.39, 0.29) is 0 Å². The highest BCUT2D eigenvalue weighted by atomic mass is 32.1. The molecule has 0 aliphatic rings. The van der Waals surface area contributed by atoms with Crippen molar-refractivity contribution < 1.29 is 0 Å². The van der Waals surface area contributed by atoms with Gasteiger partial charge in [0.2, 0.25) is 0 Å². The quantitative estimate of drug-likeness (QED) is 0.381. The maximum Gasteiger partial charge on any atom is 0.0378 e. The molecule has 0 nitrogen and oxygen atoms in total. The zero-order valence-electron chi connectivity index (χ0n) is 11.4. The van der Waals surface area contributed by atoms with Gasteiger partial charge in [0.15, 0.2) is 0 Å². The van der Waals surface area contributed by atoms with E-state index in [4.69, 9.17) is 0 Å². The molecule has 0 atom stereocenters. The zero-order valence-corrected chi connectivity index (χ0v) is 13.1. The van der Waals surface area contributed by atoms with Crippen LogP contribution in [0.25, 0.3) is 30.6 Å². The molecule has 2 aromatic heterocycles. The Hall–Kier alpha value is -1.64. The molecule has 0 fully saturated rings. The Kier molecular flexibility index (Phi) is 2.69. The molecule has 0 amide bonds. The number of fused-ring (bicyclic) bond motifs is 2. The first-order valence-electron chi connectivity index (χ1n) is 6.70. The summed E-state index contributed by atoms with van der Waals surface area (Å²) in [6.45, 7) is 4.41. The summed E-state index contributed by atoms with van der Waals surface area (Å²) in [6.07, 6.45) is 0. The maximum atomic E-state index is 2.33. The molecule has 2 aromatic carbocycles. The third-order valence-corrected chi connectivity index (χ3v) is 6.00. The standard InChI is InChI=1S/C18H14S2/c1-11-4-3-5-14-10-17(20-18(11)14)15-9-13-6-7-19-16(13)8-12(15)2/h3-10H,1-2H3. The minimum absolute atomic E-state index is 1.35. The van der Waals surface area contributed by atoms with Crippen LogP contribution >= 0.6 is 22.7 Å². The highest BCUT2D eigenvalue weighted by Crippen LogP contribution is 2.38. The highest BCUT2D eigenvalue weighted by Gasteiger charge is 2.09. The second-order valence-electron chi connectivity index (χ2n) is 5.23. The molecule has 0 saturated heterocycles. The Balaban J connectivity index is 2.00.